The quantitative estimate of drug-likeness (QED) is 0.587. The van der Waals surface area contributed by atoms with Gasteiger partial charge < -0.3 is 0 Å². The summed E-state index contributed by atoms with van der Waals surface area (Å²) in [4.78, 5) is 22.1. The second-order valence-electron chi connectivity index (χ2n) is 5.33. The summed E-state index contributed by atoms with van der Waals surface area (Å²) in [6.45, 7) is 2.64. The van der Waals surface area contributed by atoms with E-state index in [2.05, 4.69) is 0 Å². The van der Waals surface area contributed by atoms with Crippen LogP contribution in [-0.4, -0.2) is 37.5 Å². The van der Waals surface area contributed by atoms with Crippen LogP contribution in [0.1, 0.15) is 41.0 Å². The first-order valence-corrected chi connectivity index (χ1v) is 9.85. The SMILES string of the molecule is CCC(=O)c1cc(S(=O)(=O)O)c2cc(C(C)=O)cc(S(=O)(=O)O)c2c1. The normalized spacial score (nSPS) is 12.3. The Hall–Kier alpha value is -2.14. The zero-order chi connectivity index (χ0) is 19.2. The van der Waals surface area contributed by atoms with Crippen LogP contribution in [0, 0.1) is 0 Å². The number of carbonyl (C=O) groups is 2. The van der Waals surface area contributed by atoms with Crippen molar-refractivity contribution in [3.63, 3.8) is 0 Å². The van der Waals surface area contributed by atoms with E-state index >= 15 is 0 Å². The van der Waals surface area contributed by atoms with E-state index in [1.165, 1.54) is 6.92 Å². The molecule has 0 aliphatic rings. The van der Waals surface area contributed by atoms with Gasteiger partial charge in [0.1, 0.15) is 9.79 Å². The second kappa shape index (κ2) is 6.30. The van der Waals surface area contributed by atoms with Gasteiger partial charge in [0.25, 0.3) is 20.2 Å². The third kappa shape index (κ3) is 3.76. The molecule has 0 aliphatic carbocycles. The van der Waals surface area contributed by atoms with Crippen molar-refractivity contribution in [2.45, 2.75) is 30.1 Å². The van der Waals surface area contributed by atoms with Crippen LogP contribution < -0.4 is 0 Å². The van der Waals surface area contributed by atoms with Crippen molar-refractivity contribution in [1.29, 1.82) is 0 Å². The molecule has 8 nitrogen and oxygen atoms in total. The average molecular weight is 386 g/mol. The van der Waals surface area contributed by atoms with Gasteiger partial charge in [0, 0.05) is 28.3 Å². The maximum atomic E-state index is 11.9. The lowest BCUT2D eigenvalue weighted by molar-refractivity contribution is 0.0985. The summed E-state index contributed by atoms with van der Waals surface area (Å²) >= 11 is 0. The van der Waals surface area contributed by atoms with Crippen LogP contribution in [0.5, 0.6) is 0 Å². The van der Waals surface area contributed by atoms with Crippen LogP contribution in [0.3, 0.4) is 0 Å². The van der Waals surface area contributed by atoms with Crippen molar-refractivity contribution in [1.82, 2.24) is 0 Å². The first kappa shape index (κ1) is 19.2. The highest BCUT2D eigenvalue weighted by atomic mass is 32.2. The lowest BCUT2D eigenvalue weighted by Gasteiger charge is -2.12. The summed E-state index contributed by atoms with van der Waals surface area (Å²) < 4.78 is 65.7. The minimum atomic E-state index is -4.84. The predicted molar refractivity (Wildman–Crippen MR) is 88.2 cm³/mol. The fourth-order valence-electron chi connectivity index (χ4n) is 2.39. The maximum Gasteiger partial charge on any atom is 0.295 e. The number of carbonyl (C=O) groups excluding carboxylic acids is 2. The van der Waals surface area contributed by atoms with Gasteiger partial charge in [-0.25, -0.2) is 0 Å². The summed E-state index contributed by atoms with van der Waals surface area (Å²) in [5, 5.41) is -0.588. The highest BCUT2D eigenvalue weighted by Gasteiger charge is 2.24. The van der Waals surface area contributed by atoms with Crippen LogP contribution in [0.2, 0.25) is 0 Å². The molecule has 2 aromatic rings. The Balaban J connectivity index is 3.16. The van der Waals surface area contributed by atoms with E-state index in [1.807, 2.05) is 0 Å². The number of fused-ring (bicyclic) bond motifs is 1. The Bertz CT molecular complexity index is 1110. The molecular weight excluding hydrogens is 372 g/mol. The zero-order valence-corrected chi connectivity index (χ0v) is 14.8. The molecule has 134 valence electrons. The fourth-order valence-corrected chi connectivity index (χ4v) is 3.84. The van der Waals surface area contributed by atoms with E-state index < -0.39 is 41.6 Å². The lowest BCUT2D eigenvalue weighted by atomic mass is 10.00. The minimum Gasteiger partial charge on any atom is -0.295 e. The molecule has 2 rings (SSSR count). The largest absolute Gasteiger partial charge is 0.295 e. The summed E-state index contributed by atoms with van der Waals surface area (Å²) in [6, 6.07) is 3.97. The van der Waals surface area contributed by atoms with Crippen LogP contribution in [0.15, 0.2) is 34.1 Å². The first-order valence-electron chi connectivity index (χ1n) is 6.97. The predicted octanol–water partition coefficient (Wildman–Crippen LogP) is 2.13. The molecule has 0 radical (unpaired) electrons. The molecule has 0 saturated carbocycles. The summed E-state index contributed by atoms with van der Waals surface area (Å²) in [5.41, 5.74) is -0.331. The lowest BCUT2D eigenvalue weighted by Crippen LogP contribution is -2.08. The molecule has 0 bridgehead atoms. The summed E-state index contributed by atoms with van der Waals surface area (Å²) in [7, 11) is -9.68. The third-order valence-electron chi connectivity index (χ3n) is 3.60. The van der Waals surface area contributed by atoms with Gasteiger partial charge >= 0.3 is 0 Å². The zero-order valence-electron chi connectivity index (χ0n) is 13.2. The van der Waals surface area contributed by atoms with E-state index in [9.17, 15) is 35.5 Å². The minimum absolute atomic E-state index is 0.00314. The molecule has 0 fully saturated rings. The van der Waals surface area contributed by atoms with E-state index in [4.69, 9.17) is 0 Å². The molecule has 0 aliphatic heterocycles. The van der Waals surface area contributed by atoms with Gasteiger partial charge in [0.15, 0.2) is 11.6 Å². The van der Waals surface area contributed by atoms with Crippen molar-refractivity contribution in [3.05, 3.63) is 35.4 Å². The van der Waals surface area contributed by atoms with Crippen LogP contribution in [0.4, 0.5) is 0 Å². The molecule has 0 saturated heterocycles. The molecule has 2 N–H and O–H groups in total. The Morgan fingerprint density at radius 1 is 0.840 bits per heavy atom. The maximum absolute atomic E-state index is 11.9. The van der Waals surface area contributed by atoms with Crippen molar-refractivity contribution in [2.75, 3.05) is 0 Å². The van der Waals surface area contributed by atoms with Gasteiger partial charge in [-0.05, 0) is 31.2 Å². The Morgan fingerprint density at radius 3 is 1.60 bits per heavy atom. The van der Waals surface area contributed by atoms with E-state index in [1.54, 1.807) is 0 Å². The Kier molecular flexibility index (Phi) is 4.83. The summed E-state index contributed by atoms with van der Waals surface area (Å²) in [6.07, 6.45) is 0.00314. The molecule has 2 aromatic carbocycles. The average Bonchev–Trinajstić information content (AvgIpc) is 2.49. The number of benzene rings is 2. The standard InChI is InChI=1S/C15H14O8S2/c1-3-13(17)10-5-12-11(15(7-10)25(21,22)23)4-9(8(2)16)6-14(12)24(18,19)20/h4-7H,3H2,1-2H3,(H,18,19,20)(H,21,22,23). The molecule has 25 heavy (non-hydrogen) atoms. The van der Waals surface area contributed by atoms with E-state index in [0.29, 0.717) is 0 Å². The Labute approximate surface area is 144 Å². The van der Waals surface area contributed by atoms with Crippen molar-refractivity contribution >= 4 is 42.6 Å². The van der Waals surface area contributed by atoms with Crippen LogP contribution >= 0.6 is 0 Å². The topological polar surface area (TPSA) is 143 Å². The number of Topliss-reactive ketones (excluding diaryl/α,β-unsaturated/α-hetero) is 2. The van der Waals surface area contributed by atoms with Crippen LogP contribution in [0.25, 0.3) is 10.8 Å². The van der Waals surface area contributed by atoms with Crippen molar-refractivity contribution < 1.29 is 35.5 Å². The number of hydrogen-bond acceptors (Lipinski definition) is 6. The number of ketones is 2. The van der Waals surface area contributed by atoms with Crippen molar-refractivity contribution in [3.8, 4) is 0 Å². The van der Waals surface area contributed by atoms with Crippen LogP contribution in [-0.2, 0) is 20.2 Å². The molecular formula is C15H14O8S2. The number of hydrogen-bond donors (Lipinski definition) is 2. The number of rotatable bonds is 5. The van der Waals surface area contributed by atoms with E-state index in [-0.39, 0.29) is 28.3 Å². The molecule has 0 heterocycles. The molecule has 0 aromatic heterocycles. The summed E-state index contributed by atoms with van der Waals surface area (Å²) in [5.74, 6) is -1.08. The molecule has 0 atom stereocenters. The highest BCUT2D eigenvalue weighted by Crippen LogP contribution is 2.32. The van der Waals surface area contributed by atoms with Gasteiger partial charge in [-0.2, -0.15) is 16.8 Å². The van der Waals surface area contributed by atoms with E-state index in [0.717, 1.165) is 31.2 Å². The van der Waals surface area contributed by atoms with Crippen molar-refractivity contribution in [2.24, 2.45) is 0 Å². The molecule has 10 heteroatoms. The first-order chi connectivity index (χ1) is 11.4. The monoisotopic (exact) mass is 386 g/mol. The highest BCUT2D eigenvalue weighted by molar-refractivity contribution is 7.86. The van der Waals surface area contributed by atoms with Gasteiger partial charge in [-0.15, -0.1) is 0 Å². The smallest absolute Gasteiger partial charge is 0.295 e. The van der Waals surface area contributed by atoms with Gasteiger partial charge in [-0.3, -0.25) is 18.7 Å². The third-order valence-corrected chi connectivity index (χ3v) is 5.39. The molecule has 0 amide bonds. The molecule has 0 spiro atoms. The molecule has 0 unspecified atom stereocenters. The Morgan fingerprint density at radius 2 is 1.24 bits per heavy atom. The second-order valence-corrected chi connectivity index (χ2v) is 8.11. The van der Waals surface area contributed by atoms with Gasteiger partial charge in [0.05, 0.1) is 0 Å². The van der Waals surface area contributed by atoms with Gasteiger partial charge in [-0.1, -0.05) is 6.92 Å². The fraction of sp³-hybridized carbons (Fsp3) is 0.200. The van der Waals surface area contributed by atoms with Gasteiger partial charge in [0.2, 0.25) is 0 Å².